The van der Waals surface area contributed by atoms with Crippen molar-refractivity contribution in [1.82, 2.24) is 0 Å². The second kappa shape index (κ2) is 54.7. The van der Waals surface area contributed by atoms with E-state index in [0.29, 0.717) is 0 Å². The molecule has 0 amide bonds. The highest BCUT2D eigenvalue weighted by molar-refractivity contribution is 4.73. The number of terminal acetylenes is 1. The summed E-state index contributed by atoms with van der Waals surface area (Å²) in [5.74, 6) is 3.33. The average molecular weight is 259 g/mol. The molecule has 0 unspecified atom stereocenters. The van der Waals surface area contributed by atoms with Crippen LogP contribution >= 0.6 is 0 Å². The van der Waals surface area contributed by atoms with Crippen molar-refractivity contribution in [3.05, 3.63) is 0 Å². The Labute approximate surface area is 120 Å². The van der Waals surface area contributed by atoms with Crippen LogP contribution in [0.4, 0.5) is 0 Å². The van der Waals surface area contributed by atoms with Crippen LogP contribution in [-0.2, 0) is 0 Å². The van der Waals surface area contributed by atoms with Gasteiger partial charge in [-0.15, -0.1) is 12.3 Å². The molecule has 1 aliphatic carbocycles. The van der Waals surface area contributed by atoms with Gasteiger partial charge in [0.25, 0.3) is 0 Å². The van der Waals surface area contributed by atoms with Gasteiger partial charge in [0.1, 0.15) is 0 Å². The fourth-order valence-corrected chi connectivity index (χ4v) is 0.167. The zero-order chi connectivity index (χ0) is 15.8. The Bertz CT molecular complexity index is 91.1. The molecule has 0 radical (unpaired) electrons. The van der Waals surface area contributed by atoms with Crippen molar-refractivity contribution in [3.8, 4) is 12.3 Å². The second-order valence-electron chi connectivity index (χ2n) is 3.68. The van der Waals surface area contributed by atoms with Crippen molar-refractivity contribution in [2.75, 3.05) is 0 Å². The van der Waals surface area contributed by atoms with Gasteiger partial charge in [0, 0.05) is 0 Å². The Hall–Kier alpha value is -0.440. The molecule has 0 N–H and O–H groups in total. The van der Waals surface area contributed by atoms with Gasteiger partial charge in [-0.1, -0.05) is 94.4 Å². The van der Waals surface area contributed by atoms with Gasteiger partial charge in [-0.05, 0) is 12.8 Å². The summed E-state index contributed by atoms with van der Waals surface area (Å²) >= 11 is 0. The minimum Gasteiger partial charge on any atom is -0.120 e. The summed E-state index contributed by atoms with van der Waals surface area (Å²) in [5, 5.41) is 0. The number of rotatable bonds is 1. The SMILES string of the molecule is C#CC.CC.CC.CC1CC1.CCC.CCCC. The summed E-state index contributed by atoms with van der Waals surface area (Å²) in [7, 11) is 0. The molecule has 1 aliphatic rings. The number of hydrogen-bond donors (Lipinski definition) is 0. The summed E-state index contributed by atoms with van der Waals surface area (Å²) in [4.78, 5) is 0. The Morgan fingerprint density at radius 3 is 1.00 bits per heavy atom. The van der Waals surface area contributed by atoms with E-state index in [1.165, 1.54) is 32.1 Å². The molecule has 0 aromatic rings. The first kappa shape index (κ1) is 30.5. The first-order chi connectivity index (χ1) is 8.64. The third kappa shape index (κ3) is 260. The quantitative estimate of drug-likeness (QED) is 0.432. The maximum Gasteiger partial charge on any atom is -0.00297 e. The number of unbranched alkanes of at least 4 members (excludes halogenated alkanes) is 1. The summed E-state index contributed by atoms with van der Waals surface area (Å²) < 4.78 is 0. The van der Waals surface area contributed by atoms with Gasteiger partial charge >= 0.3 is 0 Å². The Kier molecular flexibility index (Phi) is 92.8. The lowest BCUT2D eigenvalue weighted by Gasteiger charge is -1.68. The van der Waals surface area contributed by atoms with Gasteiger partial charge < -0.3 is 0 Å². The summed E-state index contributed by atoms with van der Waals surface area (Å²) in [6.45, 7) is 20.5. The lowest BCUT2D eigenvalue weighted by atomic mass is 10.4. The molecule has 1 fully saturated rings. The van der Waals surface area contributed by atoms with Gasteiger partial charge in [-0.25, -0.2) is 0 Å². The predicted octanol–water partition coefficient (Wildman–Crippen LogP) is 7.33. The van der Waals surface area contributed by atoms with Gasteiger partial charge in [0.2, 0.25) is 0 Å². The van der Waals surface area contributed by atoms with E-state index < -0.39 is 0 Å². The molecule has 0 spiro atoms. The predicted molar refractivity (Wildman–Crippen MR) is 92.1 cm³/mol. The normalized spacial score (nSPS) is 9.61. The third-order valence-electron chi connectivity index (χ3n) is 1.37. The number of hydrogen-bond acceptors (Lipinski definition) is 0. The lowest BCUT2D eigenvalue weighted by molar-refractivity contribution is 0.886. The van der Waals surface area contributed by atoms with Gasteiger partial charge in [-0.3, -0.25) is 0 Å². The van der Waals surface area contributed by atoms with E-state index in [4.69, 9.17) is 0 Å². The molecule has 0 aromatic heterocycles. The molecular weight excluding hydrogens is 216 g/mol. The standard InChI is InChI=1S/C4H8.C4H10.C3H8.C3H4.2C2H6/c1-4-2-3-4;1-3-4-2;2*1-3-2;2*1-2/h4H,2-3H2,1H3;3-4H2,1-2H3;3H2,1-2H3;1H,2H3;2*1-2H3. The molecule has 0 aliphatic heterocycles. The van der Waals surface area contributed by atoms with E-state index in [-0.39, 0.29) is 0 Å². The topological polar surface area (TPSA) is 0 Å². The first-order valence-electron chi connectivity index (χ1n) is 8.01. The molecule has 0 aromatic carbocycles. The molecule has 1 saturated carbocycles. The molecule has 0 bridgehead atoms. The van der Waals surface area contributed by atoms with Crippen molar-refractivity contribution in [2.45, 2.75) is 101 Å². The molecule has 0 nitrogen and oxygen atoms in total. The lowest BCUT2D eigenvalue weighted by Crippen LogP contribution is -1.47. The van der Waals surface area contributed by atoms with Crippen molar-refractivity contribution in [1.29, 1.82) is 0 Å². The first-order valence-corrected chi connectivity index (χ1v) is 8.01. The Balaban J connectivity index is -0.0000000386. The van der Waals surface area contributed by atoms with Crippen molar-refractivity contribution < 1.29 is 0 Å². The molecule has 0 heterocycles. The monoisotopic (exact) mass is 258 g/mol. The van der Waals surface area contributed by atoms with Gasteiger partial charge in [0.05, 0.1) is 0 Å². The molecule has 0 saturated heterocycles. The smallest absolute Gasteiger partial charge is 0.00297 e. The van der Waals surface area contributed by atoms with Crippen LogP contribution in [0.3, 0.4) is 0 Å². The maximum atomic E-state index is 4.60. The average Bonchev–Trinajstić information content (AvgIpc) is 3.19. The second-order valence-corrected chi connectivity index (χ2v) is 3.68. The van der Waals surface area contributed by atoms with E-state index in [2.05, 4.69) is 47.0 Å². The Morgan fingerprint density at radius 2 is 1.00 bits per heavy atom. The fourth-order valence-electron chi connectivity index (χ4n) is 0.167. The molecule has 0 atom stereocenters. The van der Waals surface area contributed by atoms with Crippen molar-refractivity contribution in [3.63, 3.8) is 0 Å². The van der Waals surface area contributed by atoms with E-state index >= 15 is 0 Å². The van der Waals surface area contributed by atoms with Crippen molar-refractivity contribution >= 4 is 0 Å². The van der Waals surface area contributed by atoms with Crippen LogP contribution in [0.2, 0.25) is 0 Å². The molecule has 1 rings (SSSR count). The fraction of sp³-hybridized carbons (Fsp3) is 0.889. The largest absolute Gasteiger partial charge is 0.120 e. The van der Waals surface area contributed by atoms with Crippen LogP contribution in [0.25, 0.3) is 0 Å². The molecule has 18 heavy (non-hydrogen) atoms. The van der Waals surface area contributed by atoms with Crippen molar-refractivity contribution in [2.24, 2.45) is 5.92 Å². The zero-order valence-corrected chi connectivity index (χ0v) is 15.2. The van der Waals surface area contributed by atoms with Crippen LogP contribution < -0.4 is 0 Å². The molecular formula is C18H42. The minimum atomic E-state index is 1.08. The van der Waals surface area contributed by atoms with Crippen LogP contribution in [0.1, 0.15) is 101 Å². The maximum absolute atomic E-state index is 4.60. The zero-order valence-electron chi connectivity index (χ0n) is 15.2. The van der Waals surface area contributed by atoms with Crippen LogP contribution in [0, 0.1) is 18.3 Å². The molecule has 114 valence electrons. The highest BCUT2D eigenvalue weighted by atomic mass is 14.2. The van der Waals surface area contributed by atoms with Crippen LogP contribution in [0.5, 0.6) is 0 Å². The van der Waals surface area contributed by atoms with E-state index in [0.717, 1.165) is 5.92 Å². The van der Waals surface area contributed by atoms with Crippen LogP contribution in [-0.4, -0.2) is 0 Å². The van der Waals surface area contributed by atoms with E-state index in [1.807, 2.05) is 27.7 Å². The molecule has 0 heteroatoms. The minimum absolute atomic E-state index is 1.08. The highest BCUT2D eigenvalue weighted by Crippen LogP contribution is 2.26. The summed E-state index contributed by atoms with van der Waals surface area (Å²) in [6.07, 6.45) is 11.5. The Morgan fingerprint density at radius 1 is 0.889 bits per heavy atom. The highest BCUT2D eigenvalue weighted by Gasteiger charge is 2.12. The van der Waals surface area contributed by atoms with Crippen LogP contribution in [0.15, 0.2) is 0 Å². The summed E-state index contributed by atoms with van der Waals surface area (Å²) in [6, 6.07) is 0. The third-order valence-corrected chi connectivity index (χ3v) is 1.37. The van der Waals surface area contributed by atoms with E-state index in [9.17, 15) is 0 Å². The summed E-state index contributed by atoms with van der Waals surface area (Å²) in [5.41, 5.74) is 0. The van der Waals surface area contributed by atoms with Gasteiger partial charge in [0.15, 0.2) is 0 Å². The van der Waals surface area contributed by atoms with E-state index in [1.54, 1.807) is 6.92 Å². The van der Waals surface area contributed by atoms with Gasteiger partial charge in [-0.2, -0.15) is 0 Å².